The van der Waals surface area contributed by atoms with Crippen LogP contribution in [0, 0.1) is 0 Å². The molecule has 0 saturated carbocycles. The molecule has 2 aromatic heterocycles. The number of methoxy groups -OCH3 is 1. The number of fused-ring (bicyclic) bond motifs is 1. The molecule has 1 atom stereocenters. The molecule has 3 heterocycles. The zero-order chi connectivity index (χ0) is 11.7. The molecule has 0 radical (unpaired) electrons. The third-order valence-electron chi connectivity index (χ3n) is 2.98. The van der Waals surface area contributed by atoms with Gasteiger partial charge in [-0.3, -0.25) is 4.57 Å². The van der Waals surface area contributed by atoms with E-state index in [1.807, 2.05) is 4.57 Å². The van der Waals surface area contributed by atoms with E-state index in [1.165, 1.54) is 12.7 Å². The van der Waals surface area contributed by atoms with Crippen molar-refractivity contribution in [1.29, 1.82) is 0 Å². The number of hydrogen-bond acceptors (Lipinski definition) is 5. The smallest absolute Gasteiger partial charge is 0.245 e. The molecule has 1 fully saturated rings. The number of imidazole rings is 1. The number of aromatic nitrogens is 4. The third kappa shape index (κ3) is 1.74. The number of rotatable bonds is 2. The number of hydrogen-bond donors (Lipinski definition) is 0. The summed E-state index contributed by atoms with van der Waals surface area (Å²) in [4.78, 5) is 12.6. The van der Waals surface area contributed by atoms with E-state index < -0.39 is 0 Å². The van der Waals surface area contributed by atoms with Gasteiger partial charge in [-0.05, 0) is 19.3 Å². The van der Waals surface area contributed by atoms with Gasteiger partial charge in [0.15, 0.2) is 11.2 Å². The molecule has 0 N–H and O–H groups in total. The van der Waals surface area contributed by atoms with Gasteiger partial charge in [-0.15, -0.1) is 0 Å². The van der Waals surface area contributed by atoms with E-state index in [9.17, 15) is 0 Å². The second-order valence-corrected chi connectivity index (χ2v) is 4.03. The van der Waals surface area contributed by atoms with E-state index in [1.54, 1.807) is 13.4 Å². The highest BCUT2D eigenvalue weighted by Gasteiger charge is 2.20. The number of ether oxygens (including phenoxy) is 2. The van der Waals surface area contributed by atoms with Crippen molar-refractivity contribution in [3.63, 3.8) is 0 Å². The van der Waals surface area contributed by atoms with Crippen molar-refractivity contribution in [3.8, 4) is 5.88 Å². The van der Waals surface area contributed by atoms with Crippen molar-refractivity contribution in [2.75, 3.05) is 13.7 Å². The van der Waals surface area contributed by atoms with Gasteiger partial charge in [0.25, 0.3) is 0 Å². The third-order valence-corrected chi connectivity index (χ3v) is 2.98. The highest BCUT2D eigenvalue weighted by atomic mass is 16.5. The van der Waals surface area contributed by atoms with E-state index in [0.717, 1.165) is 25.1 Å². The minimum Gasteiger partial charge on any atom is -0.479 e. The summed E-state index contributed by atoms with van der Waals surface area (Å²) in [6, 6.07) is 0. The molecule has 0 unspecified atom stereocenters. The molecule has 3 rings (SSSR count). The molecule has 6 nitrogen and oxygen atoms in total. The van der Waals surface area contributed by atoms with E-state index in [2.05, 4.69) is 15.0 Å². The first-order chi connectivity index (χ1) is 8.40. The van der Waals surface area contributed by atoms with Crippen LogP contribution >= 0.6 is 0 Å². The Balaban J connectivity index is 2.05. The maximum Gasteiger partial charge on any atom is 0.245 e. The van der Waals surface area contributed by atoms with Gasteiger partial charge in [0.05, 0.1) is 13.4 Å². The summed E-state index contributed by atoms with van der Waals surface area (Å²) in [5.74, 6) is 0.504. The zero-order valence-corrected chi connectivity index (χ0v) is 9.67. The molecule has 2 aromatic rings. The van der Waals surface area contributed by atoms with Crippen LogP contribution in [-0.4, -0.2) is 33.2 Å². The Morgan fingerprint density at radius 1 is 1.35 bits per heavy atom. The van der Waals surface area contributed by atoms with Crippen LogP contribution in [0.3, 0.4) is 0 Å². The molecule has 1 aliphatic heterocycles. The fraction of sp³-hybridized carbons (Fsp3) is 0.545. The molecule has 0 aliphatic carbocycles. The van der Waals surface area contributed by atoms with Crippen LogP contribution < -0.4 is 4.74 Å². The topological polar surface area (TPSA) is 62.1 Å². The van der Waals surface area contributed by atoms with Crippen molar-refractivity contribution < 1.29 is 9.47 Å². The van der Waals surface area contributed by atoms with Gasteiger partial charge in [0, 0.05) is 6.61 Å². The lowest BCUT2D eigenvalue weighted by Crippen LogP contribution is -2.17. The van der Waals surface area contributed by atoms with Crippen LogP contribution in [0.25, 0.3) is 11.2 Å². The summed E-state index contributed by atoms with van der Waals surface area (Å²) < 4.78 is 12.8. The molecule has 0 bridgehead atoms. The molecule has 0 amide bonds. The van der Waals surface area contributed by atoms with E-state index in [-0.39, 0.29) is 6.23 Å². The van der Waals surface area contributed by atoms with E-state index in [0.29, 0.717) is 11.4 Å². The van der Waals surface area contributed by atoms with Gasteiger partial charge >= 0.3 is 0 Å². The Hall–Kier alpha value is -1.69. The lowest BCUT2D eigenvalue weighted by molar-refractivity contribution is -0.0298. The standard InChI is InChI=1S/C11H14N4O2/c1-16-11-9-10(12-6-13-11)15(7-14-9)8-4-2-3-5-17-8/h6-8H,2-5H2,1H3/t8-/m0/s1. The van der Waals surface area contributed by atoms with Crippen LogP contribution in [-0.2, 0) is 4.74 Å². The largest absolute Gasteiger partial charge is 0.479 e. The SMILES string of the molecule is COc1ncnc2c1ncn2[C@@H]1CCCCO1. The Morgan fingerprint density at radius 3 is 3.06 bits per heavy atom. The molecule has 0 spiro atoms. The summed E-state index contributed by atoms with van der Waals surface area (Å²) >= 11 is 0. The van der Waals surface area contributed by atoms with Crippen LogP contribution in [0.15, 0.2) is 12.7 Å². The first-order valence-electron chi connectivity index (χ1n) is 5.73. The maximum absolute atomic E-state index is 5.73. The van der Waals surface area contributed by atoms with Gasteiger partial charge in [0.1, 0.15) is 12.6 Å². The van der Waals surface area contributed by atoms with Crippen molar-refractivity contribution in [2.24, 2.45) is 0 Å². The van der Waals surface area contributed by atoms with Crippen LogP contribution in [0.2, 0.25) is 0 Å². The van der Waals surface area contributed by atoms with Crippen LogP contribution in [0.4, 0.5) is 0 Å². The quantitative estimate of drug-likeness (QED) is 0.788. The molecule has 1 aliphatic rings. The molecular formula is C11H14N4O2. The van der Waals surface area contributed by atoms with Crippen LogP contribution in [0.5, 0.6) is 5.88 Å². The minimum atomic E-state index is 0.0355. The van der Waals surface area contributed by atoms with Crippen molar-refractivity contribution in [1.82, 2.24) is 19.5 Å². The molecule has 0 aromatic carbocycles. The summed E-state index contributed by atoms with van der Waals surface area (Å²) in [6.07, 6.45) is 6.57. The lowest BCUT2D eigenvalue weighted by Gasteiger charge is -2.23. The molecular weight excluding hydrogens is 220 g/mol. The van der Waals surface area contributed by atoms with Gasteiger partial charge < -0.3 is 9.47 Å². The van der Waals surface area contributed by atoms with Gasteiger partial charge in [-0.1, -0.05) is 0 Å². The summed E-state index contributed by atoms with van der Waals surface area (Å²) in [5, 5.41) is 0. The van der Waals surface area contributed by atoms with Crippen molar-refractivity contribution >= 4 is 11.2 Å². The van der Waals surface area contributed by atoms with E-state index in [4.69, 9.17) is 9.47 Å². The van der Waals surface area contributed by atoms with Crippen molar-refractivity contribution in [3.05, 3.63) is 12.7 Å². The van der Waals surface area contributed by atoms with Gasteiger partial charge in [-0.25, -0.2) is 9.97 Å². The summed E-state index contributed by atoms with van der Waals surface area (Å²) in [5.41, 5.74) is 1.45. The molecule has 90 valence electrons. The monoisotopic (exact) mass is 234 g/mol. The maximum atomic E-state index is 5.73. The highest BCUT2D eigenvalue weighted by molar-refractivity contribution is 5.75. The Kier molecular flexibility index (Phi) is 2.64. The minimum absolute atomic E-state index is 0.0355. The van der Waals surface area contributed by atoms with Gasteiger partial charge in [0.2, 0.25) is 5.88 Å². The average molecular weight is 234 g/mol. The molecule has 17 heavy (non-hydrogen) atoms. The second-order valence-electron chi connectivity index (χ2n) is 4.03. The zero-order valence-electron chi connectivity index (χ0n) is 9.67. The Morgan fingerprint density at radius 2 is 2.29 bits per heavy atom. The summed E-state index contributed by atoms with van der Waals surface area (Å²) in [6.45, 7) is 0.798. The van der Waals surface area contributed by atoms with Crippen molar-refractivity contribution in [2.45, 2.75) is 25.5 Å². The molecule has 6 heteroatoms. The molecule has 1 saturated heterocycles. The van der Waals surface area contributed by atoms with Crippen LogP contribution in [0.1, 0.15) is 25.5 Å². The highest BCUT2D eigenvalue weighted by Crippen LogP contribution is 2.27. The fourth-order valence-corrected chi connectivity index (χ4v) is 2.13. The predicted octanol–water partition coefficient (Wildman–Crippen LogP) is 1.53. The Bertz CT molecular complexity index is 519. The van der Waals surface area contributed by atoms with E-state index >= 15 is 0 Å². The van der Waals surface area contributed by atoms with Gasteiger partial charge in [-0.2, -0.15) is 4.98 Å². The first-order valence-corrected chi connectivity index (χ1v) is 5.73. The second kappa shape index (κ2) is 4.29. The predicted molar refractivity (Wildman–Crippen MR) is 60.7 cm³/mol. The number of nitrogens with zero attached hydrogens (tertiary/aromatic N) is 4. The summed E-state index contributed by atoms with van der Waals surface area (Å²) in [7, 11) is 1.58. The normalized spacial score (nSPS) is 20.6. The fourth-order valence-electron chi connectivity index (χ4n) is 2.13. The lowest BCUT2D eigenvalue weighted by atomic mass is 10.2. The average Bonchev–Trinajstić information content (AvgIpc) is 2.83. The first kappa shape index (κ1) is 10.5. The Labute approximate surface area is 98.6 Å².